The summed E-state index contributed by atoms with van der Waals surface area (Å²) < 4.78 is 48.0. The van der Waals surface area contributed by atoms with E-state index in [-0.39, 0.29) is 35.5 Å². The molecule has 0 unspecified atom stereocenters. The van der Waals surface area contributed by atoms with Crippen LogP contribution in [0.1, 0.15) is 28.8 Å². The topological polar surface area (TPSA) is 93.7 Å². The summed E-state index contributed by atoms with van der Waals surface area (Å²) in [5.41, 5.74) is 2.04. The molecule has 0 atom stereocenters. The molecule has 212 valence electrons. The summed E-state index contributed by atoms with van der Waals surface area (Å²) in [5, 5.41) is 3.91. The highest BCUT2D eigenvalue weighted by atomic mass is 19.4. The second-order valence-corrected chi connectivity index (χ2v) is 10.1. The highest BCUT2D eigenvalue weighted by molar-refractivity contribution is 5.94. The summed E-state index contributed by atoms with van der Waals surface area (Å²) in [6.07, 6.45) is -0.693. The van der Waals surface area contributed by atoms with Gasteiger partial charge in [-0.1, -0.05) is 17.3 Å². The molecule has 0 radical (unpaired) electrons. The van der Waals surface area contributed by atoms with Gasteiger partial charge in [0.25, 0.3) is 17.4 Å². The van der Waals surface area contributed by atoms with Gasteiger partial charge in [-0.2, -0.15) is 4.98 Å². The van der Waals surface area contributed by atoms with E-state index in [2.05, 4.69) is 19.8 Å². The van der Waals surface area contributed by atoms with E-state index in [1.54, 1.807) is 18.3 Å². The van der Waals surface area contributed by atoms with Gasteiger partial charge < -0.3 is 18.7 Å². The minimum Gasteiger partial charge on any atom is -0.406 e. The molecule has 1 aliphatic heterocycles. The van der Waals surface area contributed by atoms with Crippen molar-refractivity contribution in [2.45, 2.75) is 31.8 Å². The van der Waals surface area contributed by atoms with E-state index in [1.807, 2.05) is 23.1 Å². The number of alkyl halides is 3. The predicted octanol–water partition coefficient (Wildman–Crippen LogP) is 4.43. The van der Waals surface area contributed by atoms with Crippen LogP contribution in [0.15, 0.2) is 76.2 Å². The van der Waals surface area contributed by atoms with Gasteiger partial charge in [-0.25, -0.2) is 0 Å². The lowest BCUT2D eigenvalue weighted by Crippen LogP contribution is -2.49. The first-order chi connectivity index (χ1) is 19.7. The number of hydrogen-bond donors (Lipinski definition) is 0. The van der Waals surface area contributed by atoms with Crippen molar-refractivity contribution in [3.63, 3.8) is 0 Å². The highest BCUT2D eigenvalue weighted by Gasteiger charge is 2.33. The number of pyridine rings is 1. The monoisotopic (exact) mass is 565 g/mol. The quantitative estimate of drug-likeness (QED) is 0.327. The third-order valence-electron chi connectivity index (χ3n) is 7.19. The molecule has 2 aromatic carbocycles. The third-order valence-corrected chi connectivity index (χ3v) is 7.19. The largest absolute Gasteiger partial charge is 0.573 e. The molecule has 2 fully saturated rings. The molecule has 3 heterocycles. The van der Waals surface area contributed by atoms with Crippen LogP contribution in [-0.2, 0) is 6.54 Å². The van der Waals surface area contributed by atoms with E-state index in [0.29, 0.717) is 35.8 Å². The average molecular weight is 566 g/mol. The van der Waals surface area contributed by atoms with Gasteiger partial charge in [0.2, 0.25) is 5.82 Å². The zero-order valence-corrected chi connectivity index (χ0v) is 21.9. The van der Waals surface area contributed by atoms with Gasteiger partial charge in [0.15, 0.2) is 0 Å². The molecule has 41 heavy (non-hydrogen) atoms. The Labute approximate surface area is 232 Å². The van der Waals surface area contributed by atoms with Gasteiger partial charge in [-0.05, 0) is 60.9 Å². The van der Waals surface area contributed by atoms with Crippen molar-refractivity contribution in [1.29, 1.82) is 0 Å². The van der Waals surface area contributed by atoms with Crippen molar-refractivity contribution < 1.29 is 27.2 Å². The Morgan fingerprint density at radius 1 is 0.976 bits per heavy atom. The van der Waals surface area contributed by atoms with Gasteiger partial charge in [-0.15, -0.1) is 13.2 Å². The molecule has 1 aliphatic carbocycles. The van der Waals surface area contributed by atoms with E-state index in [0.717, 1.165) is 30.8 Å². The van der Waals surface area contributed by atoms with Crippen LogP contribution in [0.3, 0.4) is 0 Å². The molecule has 0 bridgehead atoms. The second kappa shape index (κ2) is 10.8. The van der Waals surface area contributed by atoms with Crippen LogP contribution in [0.25, 0.3) is 22.8 Å². The number of amides is 1. The fourth-order valence-corrected chi connectivity index (χ4v) is 4.96. The number of carbonyl (C=O) groups excluding carboxylic acids is 1. The molecule has 0 spiro atoms. The first kappa shape index (κ1) is 26.8. The summed E-state index contributed by atoms with van der Waals surface area (Å²) in [6, 6.07) is 16.0. The lowest BCUT2D eigenvalue weighted by molar-refractivity contribution is -0.274. The molecule has 1 saturated carbocycles. The van der Waals surface area contributed by atoms with Gasteiger partial charge >= 0.3 is 6.36 Å². The van der Waals surface area contributed by atoms with Crippen molar-refractivity contribution in [1.82, 2.24) is 24.5 Å². The van der Waals surface area contributed by atoms with Crippen LogP contribution in [0.4, 0.5) is 13.2 Å². The van der Waals surface area contributed by atoms with Crippen molar-refractivity contribution in [3.05, 3.63) is 88.3 Å². The molecule has 4 aromatic rings. The molecule has 1 saturated heterocycles. The minimum atomic E-state index is -4.79. The number of nitrogens with zero attached hydrogens (tertiary/aromatic N) is 5. The normalized spacial score (nSPS) is 16.1. The van der Waals surface area contributed by atoms with E-state index in [4.69, 9.17) is 4.52 Å². The molecule has 0 N–H and O–H groups in total. The number of hydrogen-bond acceptors (Lipinski definition) is 7. The summed E-state index contributed by atoms with van der Waals surface area (Å²) >= 11 is 0. The third kappa shape index (κ3) is 6.32. The summed E-state index contributed by atoms with van der Waals surface area (Å²) in [5.74, 6) is -0.0714. The molecule has 2 aliphatic rings. The molecule has 6 rings (SSSR count). The molecule has 9 nitrogen and oxygen atoms in total. The molecular weight excluding hydrogens is 539 g/mol. The number of benzene rings is 2. The number of ether oxygens (including phenoxy) is 1. The number of rotatable bonds is 7. The summed E-state index contributed by atoms with van der Waals surface area (Å²) in [7, 11) is 0. The summed E-state index contributed by atoms with van der Waals surface area (Å²) in [6.45, 7) is 3.43. The van der Waals surface area contributed by atoms with E-state index >= 15 is 0 Å². The van der Waals surface area contributed by atoms with Gasteiger partial charge in [0, 0.05) is 55.6 Å². The Morgan fingerprint density at radius 3 is 2.41 bits per heavy atom. The first-order valence-electron chi connectivity index (χ1n) is 13.2. The number of halogens is 3. The molecule has 12 heteroatoms. The van der Waals surface area contributed by atoms with Crippen molar-refractivity contribution in [2.75, 3.05) is 26.2 Å². The Hall–Kier alpha value is -4.45. The predicted molar refractivity (Wildman–Crippen MR) is 142 cm³/mol. The average Bonchev–Trinajstić information content (AvgIpc) is 3.70. The molecule has 1 amide bonds. The van der Waals surface area contributed by atoms with Crippen molar-refractivity contribution in [2.24, 2.45) is 0 Å². The SMILES string of the molecule is O=C(c1cccc(Cn2cc(-c3nc(-c4ccc(OC(F)(F)F)cc4)no3)ccc2=O)c1)N1CCN(C2CC2)CC1. The fourth-order valence-electron chi connectivity index (χ4n) is 4.96. The van der Waals surface area contributed by atoms with E-state index in [9.17, 15) is 22.8 Å². The number of aromatic nitrogens is 3. The van der Waals surface area contributed by atoms with E-state index < -0.39 is 6.36 Å². The van der Waals surface area contributed by atoms with Crippen LogP contribution in [0.5, 0.6) is 5.75 Å². The number of piperazine rings is 1. The standard InChI is InChI=1S/C29H26F3N5O4/c30-29(31,32)40-24-9-4-20(5-10-24)26-33-27(41-34-26)22-6-11-25(38)37(18-22)17-19-2-1-3-21(16-19)28(39)36-14-12-35(13-15-36)23-7-8-23/h1-6,9-11,16,18,23H,7-8,12-15,17H2. The zero-order valence-electron chi connectivity index (χ0n) is 21.9. The van der Waals surface area contributed by atoms with Crippen LogP contribution in [0, 0.1) is 0 Å². The smallest absolute Gasteiger partial charge is 0.406 e. The Kier molecular flexibility index (Phi) is 7.08. The maximum atomic E-state index is 13.2. The lowest BCUT2D eigenvalue weighted by Gasteiger charge is -2.34. The lowest BCUT2D eigenvalue weighted by atomic mass is 10.1. The Bertz CT molecular complexity index is 1600. The van der Waals surface area contributed by atoms with Crippen LogP contribution < -0.4 is 10.3 Å². The maximum absolute atomic E-state index is 13.2. The van der Waals surface area contributed by atoms with Gasteiger partial charge in [0.05, 0.1) is 12.1 Å². The first-order valence-corrected chi connectivity index (χ1v) is 13.2. The molecular formula is C29H26F3N5O4. The highest BCUT2D eigenvalue weighted by Crippen LogP contribution is 2.28. The van der Waals surface area contributed by atoms with Crippen molar-refractivity contribution >= 4 is 5.91 Å². The fraction of sp³-hybridized carbons (Fsp3) is 0.310. The molecule has 2 aromatic heterocycles. The van der Waals surface area contributed by atoms with Gasteiger partial charge in [0.1, 0.15) is 5.75 Å². The maximum Gasteiger partial charge on any atom is 0.573 e. The minimum absolute atomic E-state index is 0.0141. The van der Waals surface area contributed by atoms with Crippen molar-refractivity contribution in [3.8, 4) is 28.6 Å². The van der Waals surface area contributed by atoms with Crippen LogP contribution >= 0.6 is 0 Å². The summed E-state index contributed by atoms with van der Waals surface area (Å²) in [4.78, 5) is 34.5. The van der Waals surface area contributed by atoms with E-state index in [1.165, 1.54) is 35.6 Å². The van der Waals surface area contributed by atoms with Crippen LogP contribution in [-0.4, -0.2) is 69.0 Å². The second-order valence-electron chi connectivity index (χ2n) is 10.1. The number of carbonyl (C=O) groups is 1. The zero-order chi connectivity index (χ0) is 28.6. The Morgan fingerprint density at radius 2 is 1.71 bits per heavy atom. The van der Waals surface area contributed by atoms with Gasteiger partial charge in [-0.3, -0.25) is 14.5 Å². The Balaban J connectivity index is 1.15. The van der Waals surface area contributed by atoms with Crippen LogP contribution in [0.2, 0.25) is 0 Å².